The van der Waals surface area contributed by atoms with Gasteiger partial charge in [-0.15, -0.1) is 0 Å². The monoisotopic (exact) mass is 328 g/mol. The van der Waals surface area contributed by atoms with E-state index >= 15 is 0 Å². The maximum absolute atomic E-state index is 12.3. The van der Waals surface area contributed by atoms with Crippen molar-refractivity contribution in [2.45, 2.75) is 38.2 Å². The Bertz CT molecular complexity index is 741. The van der Waals surface area contributed by atoms with Gasteiger partial charge in [0, 0.05) is 38.4 Å². The predicted molar refractivity (Wildman–Crippen MR) is 91.1 cm³/mol. The van der Waals surface area contributed by atoms with E-state index in [4.69, 9.17) is 4.74 Å². The molecule has 0 aromatic carbocycles. The van der Waals surface area contributed by atoms with Gasteiger partial charge < -0.3 is 19.4 Å². The molecular weight excluding hydrogens is 304 g/mol. The largest absolute Gasteiger partial charge is 0.375 e. The van der Waals surface area contributed by atoms with Gasteiger partial charge in [0.15, 0.2) is 0 Å². The zero-order valence-corrected chi connectivity index (χ0v) is 14.1. The highest BCUT2D eigenvalue weighted by molar-refractivity contribution is 5.74. The van der Waals surface area contributed by atoms with Crippen LogP contribution in [0.25, 0.3) is 5.65 Å². The summed E-state index contributed by atoms with van der Waals surface area (Å²) in [4.78, 5) is 18.8. The molecule has 4 heterocycles. The Labute approximate surface area is 141 Å². The van der Waals surface area contributed by atoms with Gasteiger partial charge in [0.2, 0.25) is 0 Å². The number of amides is 2. The lowest BCUT2D eigenvalue weighted by atomic mass is 9.84. The molecule has 0 atom stereocenters. The molecule has 6 heteroatoms. The molecule has 1 N–H and O–H groups in total. The third-order valence-corrected chi connectivity index (χ3v) is 5.31. The highest BCUT2D eigenvalue weighted by Crippen LogP contribution is 2.36. The second-order valence-electron chi connectivity index (χ2n) is 6.90. The zero-order valence-electron chi connectivity index (χ0n) is 14.1. The fourth-order valence-electron chi connectivity index (χ4n) is 3.64. The van der Waals surface area contributed by atoms with Crippen molar-refractivity contribution in [1.29, 1.82) is 0 Å². The van der Waals surface area contributed by atoms with Crippen molar-refractivity contribution < 1.29 is 9.53 Å². The first-order valence-corrected chi connectivity index (χ1v) is 8.75. The van der Waals surface area contributed by atoms with E-state index in [-0.39, 0.29) is 11.6 Å². The van der Waals surface area contributed by atoms with Crippen LogP contribution in [0, 0.1) is 6.92 Å². The van der Waals surface area contributed by atoms with Crippen LogP contribution < -0.4 is 5.32 Å². The molecule has 2 aromatic rings. The van der Waals surface area contributed by atoms with E-state index in [9.17, 15) is 4.79 Å². The van der Waals surface area contributed by atoms with Crippen LogP contribution in [-0.4, -0.2) is 52.2 Å². The van der Waals surface area contributed by atoms with Crippen molar-refractivity contribution >= 4 is 11.7 Å². The van der Waals surface area contributed by atoms with Crippen molar-refractivity contribution in [1.82, 2.24) is 19.6 Å². The average molecular weight is 328 g/mol. The Morgan fingerprint density at radius 3 is 2.83 bits per heavy atom. The molecule has 6 nitrogen and oxygen atoms in total. The Balaban J connectivity index is 1.27. The average Bonchev–Trinajstić information content (AvgIpc) is 2.98. The van der Waals surface area contributed by atoms with Gasteiger partial charge in [0.1, 0.15) is 5.65 Å². The first-order chi connectivity index (χ1) is 11.7. The summed E-state index contributed by atoms with van der Waals surface area (Å²) in [5.41, 5.74) is 3.24. The number of ether oxygens (including phenoxy) is 1. The minimum Gasteiger partial charge on any atom is -0.375 e. The van der Waals surface area contributed by atoms with E-state index in [0.29, 0.717) is 6.54 Å². The van der Waals surface area contributed by atoms with Crippen LogP contribution in [0.15, 0.2) is 24.5 Å². The van der Waals surface area contributed by atoms with Crippen LogP contribution >= 0.6 is 0 Å². The number of piperidine rings is 1. The Morgan fingerprint density at radius 2 is 2.17 bits per heavy atom. The van der Waals surface area contributed by atoms with Crippen molar-refractivity contribution in [2.75, 3.05) is 26.2 Å². The van der Waals surface area contributed by atoms with Crippen LogP contribution in [0.4, 0.5) is 4.79 Å². The molecule has 2 aliphatic heterocycles. The highest BCUT2D eigenvalue weighted by atomic mass is 16.5. The first kappa shape index (κ1) is 15.4. The number of hydrogen-bond acceptors (Lipinski definition) is 3. The summed E-state index contributed by atoms with van der Waals surface area (Å²) in [6.45, 7) is 5.13. The lowest BCUT2D eigenvalue weighted by molar-refractivity contribution is -0.169. The maximum Gasteiger partial charge on any atom is 0.317 e. The second-order valence-corrected chi connectivity index (χ2v) is 6.90. The van der Waals surface area contributed by atoms with Crippen LogP contribution in [0.5, 0.6) is 0 Å². The van der Waals surface area contributed by atoms with Crippen molar-refractivity contribution in [3.05, 3.63) is 35.8 Å². The van der Waals surface area contributed by atoms with Gasteiger partial charge in [-0.1, -0.05) is 6.07 Å². The highest BCUT2D eigenvalue weighted by Gasteiger charge is 2.41. The summed E-state index contributed by atoms with van der Waals surface area (Å²) in [7, 11) is 0. The van der Waals surface area contributed by atoms with Gasteiger partial charge in [0.25, 0.3) is 0 Å². The van der Waals surface area contributed by atoms with E-state index in [1.807, 2.05) is 27.8 Å². The van der Waals surface area contributed by atoms with Crippen LogP contribution in [0.2, 0.25) is 0 Å². The summed E-state index contributed by atoms with van der Waals surface area (Å²) in [6.07, 6.45) is 7.86. The maximum atomic E-state index is 12.3. The number of imidazole rings is 1. The number of nitrogens with zero attached hydrogens (tertiary/aromatic N) is 3. The third kappa shape index (κ3) is 2.86. The Kier molecular flexibility index (Phi) is 3.92. The number of fused-ring (bicyclic) bond motifs is 1. The standard InChI is InChI=1S/C18H24N4O2/c1-14-3-2-9-22-13-15(20-16(14)22)4-8-19-17(23)21-10-5-18(6-11-21)7-12-24-18/h2-3,9,13H,4-8,10-12H2,1H3,(H,19,23). The smallest absolute Gasteiger partial charge is 0.317 e. The molecular formula is C18H24N4O2. The molecule has 2 saturated heterocycles. The molecule has 128 valence electrons. The van der Waals surface area contributed by atoms with E-state index in [1.165, 1.54) is 0 Å². The number of likely N-dealkylation sites (tertiary alicyclic amines) is 1. The first-order valence-electron chi connectivity index (χ1n) is 8.75. The SMILES string of the molecule is Cc1cccn2cc(CCNC(=O)N3CCC4(CCO4)CC3)nc12. The van der Waals surface area contributed by atoms with Crippen LogP contribution in [0.3, 0.4) is 0 Å². The van der Waals surface area contributed by atoms with Gasteiger partial charge in [-0.05, 0) is 37.8 Å². The van der Waals surface area contributed by atoms with Crippen LogP contribution in [-0.2, 0) is 11.2 Å². The number of carbonyl (C=O) groups excluding carboxylic acids is 1. The molecule has 4 rings (SSSR count). The second kappa shape index (κ2) is 6.09. The van der Waals surface area contributed by atoms with Crippen molar-refractivity contribution in [3.8, 4) is 0 Å². The summed E-state index contributed by atoms with van der Waals surface area (Å²) in [5.74, 6) is 0. The lowest BCUT2D eigenvalue weighted by Gasteiger charge is -2.47. The van der Waals surface area contributed by atoms with Gasteiger partial charge in [-0.3, -0.25) is 0 Å². The summed E-state index contributed by atoms with van der Waals surface area (Å²) in [6, 6.07) is 4.11. The van der Waals surface area contributed by atoms with E-state index in [1.54, 1.807) is 0 Å². The molecule has 0 aliphatic carbocycles. The minimum absolute atomic E-state index is 0.0316. The number of rotatable bonds is 3. The van der Waals surface area contributed by atoms with Gasteiger partial charge >= 0.3 is 6.03 Å². The van der Waals surface area contributed by atoms with E-state index in [0.717, 1.165) is 62.3 Å². The van der Waals surface area contributed by atoms with Crippen molar-refractivity contribution in [3.63, 3.8) is 0 Å². The molecule has 2 amide bonds. The fraction of sp³-hybridized carbons (Fsp3) is 0.556. The van der Waals surface area contributed by atoms with Crippen LogP contribution in [0.1, 0.15) is 30.5 Å². The molecule has 0 bridgehead atoms. The topological polar surface area (TPSA) is 58.9 Å². The normalized spacial score (nSPS) is 19.5. The summed E-state index contributed by atoms with van der Waals surface area (Å²) in [5, 5.41) is 3.02. The number of hydrogen-bond donors (Lipinski definition) is 1. The third-order valence-electron chi connectivity index (χ3n) is 5.31. The molecule has 2 fully saturated rings. The summed E-state index contributed by atoms with van der Waals surface area (Å²) >= 11 is 0. The fourth-order valence-corrected chi connectivity index (χ4v) is 3.64. The Hall–Kier alpha value is -2.08. The minimum atomic E-state index is 0.0316. The molecule has 1 spiro atoms. The summed E-state index contributed by atoms with van der Waals surface area (Å²) < 4.78 is 7.73. The number of urea groups is 1. The molecule has 0 saturated carbocycles. The number of nitrogens with one attached hydrogen (secondary N) is 1. The quantitative estimate of drug-likeness (QED) is 0.939. The van der Waals surface area contributed by atoms with Crippen molar-refractivity contribution in [2.24, 2.45) is 0 Å². The van der Waals surface area contributed by atoms with Gasteiger partial charge in [0.05, 0.1) is 17.9 Å². The molecule has 2 aromatic heterocycles. The number of pyridine rings is 1. The van der Waals surface area contributed by atoms with E-state index in [2.05, 4.69) is 23.3 Å². The van der Waals surface area contributed by atoms with Gasteiger partial charge in [-0.2, -0.15) is 0 Å². The lowest BCUT2D eigenvalue weighted by Crippen LogP contribution is -2.55. The number of aryl methyl sites for hydroxylation is 1. The number of carbonyl (C=O) groups is 1. The Morgan fingerprint density at radius 1 is 1.38 bits per heavy atom. The molecule has 0 unspecified atom stereocenters. The predicted octanol–water partition coefficient (Wildman–Crippen LogP) is 2.15. The number of aromatic nitrogens is 2. The van der Waals surface area contributed by atoms with Gasteiger partial charge in [-0.25, -0.2) is 9.78 Å². The zero-order chi connectivity index (χ0) is 16.6. The molecule has 0 radical (unpaired) electrons. The van der Waals surface area contributed by atoms with E-state index < -0.39 is 0 Å². The molecule has 2 aliphatic rings. The molecule has 24 heavy (non-hydrogen) atoms.